The molecule has 41 heavy (non-hydrogen) atoms. The minimum atomic E-state index is -0.0915. The average molecular weight is 561 g/mol. The Kier molecular flexibility index (Phi) is 7.83. The van der Waals surface area contributed by atoms with Crippen LogP contribution in [0.15, 0.2) is 24.4 Å². The van der Waals surface area contributed by atoms with Crippen molar-refractivity contribution in [3.63, 3.8) is 0 Å². The molecule has 3 aromatic heterocycles. The summed E-state index contributed by atoms with van der Waals surface area (Å²) in [5.74, 6) is 1.54. The first-order valence-electron chi connectivity index (χ1n) is 14.6. The van der Waals surface area contributed by atoms with Crippen LogP contribution in [0.1, 0.15) is 56.3 Å². The van der Waals surface area contributed by atoms with Crippen molar-refractivity contribution in [2.75, 3.05) is 38.7 Å². The van der Waals surface area contributed by atoms with Crippen molar-refractivity contribution in [2.24, 2.45) is 7.05 Å². The van der Waals surface area contributed by atoms with Gasteiger partial charge in [0.1, 0.15) is 6.10 Å². The quantitative estimate of drug-likeness (QED) is 0.375. The van der Waals surface area contributed by atoms with Crippen molar-refractivity contribution < 1.29 is 14.6 Å². The zero-order chi connectivity index (χ0) is 28.5. The Morgan fingerprint density at radius 3 is 2.80 bits per heavy atom. The number of aromatic nitrogens is 6. The van der Waals surface area contributed by atoms with E-state index in [1.54, 1.807) is 4.68 Å². The third-order valence-corrected chi connectivity index (χ3v) is 7.82. The predicted molar refractivity (Wildman–Crippen MR) is 160 cm³/mol. The number of hydrogen-bond donors (Lipinski definition) is 2. The van der Waals surface area contributed by atoms with E-state index in [-0.39, 0.29) is 18.9 Å². The number of hydrogen-bond acceptors (Lipinski definition) is 8. The monoisotopic (exact) mass is 560 g/mol. The van der Waals surface area contributed by atoms with E-state index in [0.717, 1.165) is 83.1 Å². The van der Waals surface area contributed by atoms with Gasteiger partial charge in [0.15, 0.2) is 12.0 Å². The lowest BCUT2D eigenvalue weighted by Crippen LogP contribution is -2.32. The van der Waals surface area contributed by atoms with E-state index in [1.165, 1.54) is 0 Å². The highest BCUT2D eigenvalue weighted by Gasteiger charge is 2.24. The van der Waals surface area contributed by atoms with Crippen LogP contribution >= 0.6 is 0 Å². The largest absolute Gasteiger partial charge is 0.473 e. The second-order valence-electron chi connectivity index (χ2n) is 11.0. The molecule has 1 aromatic carbocycles. The summed E-state index contributed by atoms with van der Waals surface area (Å²) in [6.45, 7) is 7.39. The lowest BCUT2D eigenvalue weighted by molar-refractivity contribution is -0.0367. The number of ether oxygens (including phenoxy) is 2. The van der Waals surface area contributed by atoms with Gasteiger partial charge < -0.3 is 19.9 Å². The molecule has 5 heterocycles. The molecule has 2 N–H and O–H groups in total. The van der Waals surface area contributed by atoms with E-state index in [4.69, 9.17) is 19.7 Å². The minimum Gasteiger partial charge on any atom is -0.473 e. The summed E-state index contributed by atoms with van der Waals surface area (Å²) in [5, 5.41) is 28.7. The smallest absolute Gasteiger partial charge is 0.219 e. The van der Waals surface area contributed by atoms with Crippen molar-refractivity contribution in [3.8, 4) is 17.0 Å². The van der Waals surface area contributed by atoms with Gasteiger partial charge >= 0.3 is 0 Å². The molecule has 2 aliphatic heterocycles. The molecule has 1 fully saturated rings. The van der Waals surface area contributed by atoms with Crippen molar-refractivity contribution in [1.82, 2.24) is 34.2 Å². The zero-order valence-electron chi connectivity index (χ0n) is 24.4. The van der Waals surface area contributed by atoms with Crippen LogP contribution in [-0.4, -0.2) is 78.8 Å². The Balaban J connectivity index is 1.55. The Hall–Kier alpha value is -3.67. The molecular formula is C30H40N8O3. The summed E-state index contributed by atoms with van der Waals surface area (Å²) < 4.78 is 18.4. The Morgan fingerprint density at radius 1 is 1.15 bits per heavy atom. The van der Waals surface area contributed by atoms with Crippen molar-refractivity contribution in [2.45, 2.75) is 58.5 Å². The molecule has 11 heteroatoms. The van der Waals surface area contributed by atoms with Crippen LogP contribution in [0, 0.1) is 0 Å². The van der Waals surface area contributed by atoms with Crippen LogP contribution in [0.4, 0.5) is 5.82 Å². The van der Waals surface area contributed by atoms with Crippen LogP contribution in [0.2, 0.25) is 0 Å². The van der Waals surface area contributed by atoms with Gasteiger partial charge in [0.25, 0.3) is 0 Å². The molecular weight excluding hydrogens is 520 g/mol. The highest BCUT2D eigenvalue weighted by Crippen LogP contribution is 2.36. The summed E-state index contributed by atoms with van der Waals surface area (Å²) in [5.41, 5.74) is 5.90. The van der Waals surface area contributed by atoms with Crippen molar-refractivity contribution in [1.29, 1.82) is 0 Å². The van der Waals surface area contributed by atoms with Gasteiger partial charge in [-0.05, 0) is 70.0 Å². The molecule has 2 bridgehead atoms. The Morgan fingerprint density at radius 2 is 2.02 bits per heavy atom. The van der Waals surface area contributed by atoms with Gasteiger partial charge in [-0.25, -0.2) is 9.36 Å². The van der Waals surface area contributed by atoms with Crippen LogP contribution in [0.5, 0.6) is 5.88 Å². The van der Waals surface area contributed by atoms with Crippen LogP contribution in [-0.2, 0) is 24.9 Å². The van der Waals surface area contributed by atoms with E-state index >= 15 is 0 Å². The number of rotatable bonds is 5. The minimum absolute atomic E-state index is 0.00903. The van der Waals surface area contributed by atoms with Gasteiger partial charge in [-0.15, -0.1) is 0 Å². The molecule has 0 saturated carbocycles. The molecule has 6 rings (SSSR count). The second kappa shape index (κ2) is 11.7. The first kappa shape index (κ1) is 27.5. The zero-order valence-corrected chi connectivity index (χ0v) is 24.4. The molecule has 2 atom stereocenters. The molecule has 0 spiro atoms. The Labute approximate surface area is 240 Å². The molecule has 0 amide bonds. The second-order valence-corrected chi connectivity index (χ2v) is 11.0. The topological polar surface area (TPSA) is 107 Å². The molecule has 1 unspecified atom stereocenters. The maximum atomic E-state index is 9.82. The third kappa shape index (κ3) is 5.37. The normalized spacial score (nSPS) is 20.7. The number of aliphatic hydroxyl groups excluding tert-OH is 1. The van der Waals surface area contributed by atoms with Gasteiger partial charge in [-0.1, -0.05) is 6.07 Å². The van der Waals surface area contributed by atoms with Crippen molar-refractivity contribution >= 4 is 28.9 Å². The average Bonchev–Trinajstić information content (AvgIpc) is 3.61. The standard InChI is InChI=1S/C30H40N8O3/c1-5-31-29-22-10-11-25-23-16-21(9-12-26(23)38(33-25)28-8-6-7-15-40-28)24-17-32-36(4)30(24)41-20(2)18-35(3)19-27(22)37(34-29)13-14-39/h9-12,16-17,20,28,39H,5-8,13-15,18-19H2,1-4H3,(H,31,34)/b11-10+/t20-,28?/m0/s1. The van der Waals surface area contributed by atoms with E-state index in [0.29, 0.717) is 19.6 Å². The van der Waals surface area contributed by atoms with Gasteiger partial charge in [0.2, 0.25) is 5.88 Å². The lowest BCUT2D eigenvalue weighted by atomic mass is 10.0. The molecule has 218 valence electrons. The molecule has 4 aromatic rings. The predicted octanol–water partition coefficient (Wildman–Crippen LogP) is 4.14. The fraction of sp³-hybridized carbons (Fsp3) is 0.500. The Bertz CT molecular complexity index is 1540. The summed E-state index contributed by atoms with van der Waals surface area (Å²) in [6.07, 6.45) is 9.03. The van der Waals surface area contributed by atoms with Crippen molar-refractivity contribution in [3.05, 3.63) is 41.3 Å². The number of nitrogens with zero attached hydrogens (tertiary/aromatic N) is 7. The van der Waals surface area contributed by atoms with Gasteiger partial charge in [0, 0.05) is 44.2 Å². The maximum Gasteiger partial charge on any atom is 0.219 e. The highest BCUT2D eigenvalue weighted by atomic mass is 16.5. The number of anilines is 1. The van der Waals surface area contributed by atoms with Gasteiger partial charge in [-0.3, -0.25) is 9.58 Å². The van der Waals surface area contributed by atoms with E-state index < -0.39 is 0 Å². The highest BCUT2D eigenvalue weighted by molar-refractivity contribution is 5.94. The third-order valence-electron chi connectivity index (χ3n) is 7.82. The summed E-state index contributed by atoms with van der Waals surface area (Å²) >= 11 is 0. The van der Waals surface area contributed by atoms with E-state index in [9.17, 15) is 5.11 Å². The molecule has 1 saturated heterocycles. The SMILES string of the molecule is CCNc1nn(CCO)c2c1/C=C/c1nn(C3CCCCO3)c3ccc(cc13)-c1cnn(C)c1O[C@@H](C)CN(C)C2. The fourth-order valence-electron chi connectivity index (χ4n) is 5.94. The maximum absolute atomic E-state index is 9.82. The molecule has 0 radical (unpaired) electrons. The number of fused-ring (bicyclic) bond motifs is 4. The van der Waals surface area contributed by atoms with Gasteiger partial charge in [-0.2, -0.15) is 15.3 Å². The number of aliphatic hydroxyl groups is 1. The van der Waals surface area contributed by atoms with E-state index in [2.05, 4.69) is 66.6 Å². The number of benzene rings is 1. The van der Waals surface area contributed by atoms with E-state index in [1.807, 2.05) is 22.6 Å². The summed E-state index contributed by atoms with van der Waals surface area (Å²) in [7, 11) is 3.99. The number of aryl methyl sites for hydroxylation is 1. The van der Waals surface area contributed by atoms with Crippen LogP contribution in [0.3, 0.4) is 0 Å². The van der Waals surface area contributed by atoms with Crippen LogP contribution < -0.4 is 10.1 Å². The fourth-order valence-corrected chi connectivity index (χ4v) is 5.94. The van der Waals surface area contributed by atoms with Gasteiger partial charge in [0.05, 0.1) is 41.8 Å². The summed E-state index contributed by atoms with van der Waals surface area (Å²) in [4.78, 5) is 2.23. The van der Waals surface area contributed by atoms with Crippen LogP contribution in [0.25, 0.3) is 34.2 Å². The summed E-state index contributed by atoms with van der Waals surface area (Å²) in [6, 6.07) is 6.44. The first-order valence-corrected chi connectivity index (χ1v) is 14.6. The molecule has 11 nitrogen and oxygen atoms in total. The molecule has 2 aliphatic rings. The number of likely N-dealkylation sites (N-methyl/N-ethyl adjacent to an activating group) is 1. The first-order chi connectivity index (χ1) is 20.0. The number of nitrogens with one attached hydrogen (secondary N) is 1. The lowest BCUT2D eigenvalue weighted by Gasteiger charge is -2.24. The molecule has 0 aliphatic carbocycles.